The van der Waals surface area contributed by atoms with E-state index in [-0.39, 0.29) is 12.4 Å². The van der Waals surface area contributed by atoms with Gasteiger partial charge in [-0.2, -0.15) is 0 Å². The van der Waals surface area contributed by atoms with Crippen molar-refractivity contribution in [2.75, 3.05) is 14.2 Å². The maximum atomic E-state index is 12.6. The summed E-state index contributed by atoms with van der Waals surface area (Å²) in [6, 6.07) is 5.36. The molecule has 24 heavy (non-hydrogen) atoms. The highest BCUT2D eigenvalue weighted by molar-refractivity contribution is 5.96. The summed E-state index contributed by atoms with van der Waals surface area (Å²) in [5, 5.41) is 0.767. The Morgan fingerprint density at radius 2 is 1.83 bits per heavy atom. The summed E-state index contributed by atoms with van der Waals surface area (Å²) in [4.78, 5) is 24.4. The van der Waals surface area contributed by atoms with Crippen LogP contribution in [0.1, 0.15) is 32.0 Å². The predicted octanol–water partition coefficient (Wildman–Crippen LogP) is 3.46. The average molecular weight is 333 g/mol. The lowest BCUT2D eigenvalue weighted by molar-refractivity contribution is -0.139. The number of nitrogens with zero attached hydrogens (tertiary/aromatic N) is 1. The van der Waals surface area contributed by atoms with E-state index < -0.39 is 11.7 Å². The lowest BCUT2D eigenvalue weighted by atomic mass is 10.1. The molecule has 0 aliphatic carbocycles. The van der Waals surface area contributed by atoms with E-state index >= 15 is 0 Å². The molecule has 130 valence electrons. The molecule has 0 saturated heterocycles. The maximum absolute atomic E-state index is 12.6. The average Bonchev–Trinajstić information content (AvgIpc) is 2.77. The van der Waals surface area contributed by atoms with Gasteiger partial charge in [0.15, 0.2) is 0 Å². The number of carbonyl (C=O) groups is 2. The number of hydrogen-bond acceptors (Lipinski definition) is 5. The van der Waals surface area contributed by atoms with Crippen molar-refractivity contribution in [3.8, 4) is 5.75 Å². The van der Waals surface area contributed by atoms with E-state index in [1.165, 1.54) is 11.7 Å². The molecular weight excluding hydrogens is 310 g/mol. The van der Waals surface area contributed by atoms with E-state index in [1.807, 2.05) is 26.8 Å². The number of ether oxygens (including phenoxy) is 3. The van der Waals surface area contributed by atoms with Crippen molar-refractivity contribution in [3.05, 3.63) is 29.5 Å². The quantitative estimate of drug-likeness (QED) is 0.805. The normalized spacial score (nSPS) is 11.4. The fraction of sp³-hybridized carbons (Fsp3) is 0.444. The number of methoxy groups -OCH3 is 2. The summed E-state index contributed by atoms with van der Waals surface area (Å²) in [6.07, 6.45) is -0.409. The number of hydrogen-bond donors (Lipinski definition) is 0. The van der Waals surface area contributed by atoms with Crippen LogP contribution >= 0.6 is 0 Å². The Morgan fingerprint density at radius 3 is 2.38 bits per heavy atom. The fourth-order valence-electron chi connectivity index (χ4n) is 2.57. The van der Waals surface area contributed by atoms with Gasteiger partial charge >= 0.3 is 12.1 Å². The van der Waals surface area contributed by atoms with Crippen LogP contribution in [0.2, 0.25) is 0 Å². The van der Waals surface area contributed by atoms with E-state index in [0.29, 0.717) is 17.0 Å². The van der Waals surface area contributed by atoms with Gasteiger partial charge in [-0.1, -0.05) is 0 Å². The largest absolute Gasteiger partial charge is 0.497 e. The van der Waals surface area contributed by atoms with Gasteiger partial charge < -0.3 is 14.2 Å². The van der Waals surface area contributed by atoms with Gasteiger partial charge in [-0.15, -0.1) is 0 Å². The molecule has 1 heterocycles. The standard InChI is InChI=1S/C18H23NO5/c1-11-13(10-16(20)23-6)14-9-12(22-5)7-8-15(14)19(11)17(21)24-18(2,3)4/h7-9H,10H2,1-6H3. The molecule has 0 spiro atoms. The molecule has 6 nitrogen and oxygen atoms in total. The van der Waals surface area contributed by atoms with Crippen LogP contribution in [0.25, 0.3) is 10.9 Å². The van der Waals surface area contributed by atoms with Crippen molar-refractivity contribution in [1.29, 1.82) is 0 Å². The molecule has 0 atom stereocenters. The van der Waals surface area contributed by atoms with Crippen LogP contribution in [0.3, 0.4) is 0 Å². The van der Waals surface area contributed by atoms with Gasteiger partial charge in [0.05, 0.1) is 26.2 Å². The van der Waals surface area contributed by atoms with Gasteiger partial charge in [-0.05, 0) is 51.5 Å². The number of esters is 1. The highest BCUT2D eigenvalue weighted by atomic mass is 16.6. The van der Waals surface area contributed by atoms with Gasteiger partial charge in [0.25, 0.3) is 0 Å². The van der Waals surface area contributed by atoms with Crippen LogP contribution in [0.4, 0.5) is 4.79 Å². The molecule has 6 heteroatoms. The molecule has 1 aromatic heterocycles. The van der Waals surface area contributed by atoms with Crippen molar-refractivity contribution < 1.29 is 23.8 Å². The Labute approximate surface area is 141 Å². The van der Waals surface area contributed by atoms with E-state index in [4.69, 9.17) is 14.2 Å². The minimum Gasteiger partial charge on any atom is -0.497 e. The van der Waals surface area contributed by atoms with E-state index in [0.717, 1.165) is 10.9 Å². The Morgan fingerprint density at radius 1 is 1.17 bits per heavy atom. The minimum atomic E-state index is -0.616. The van der Waals surface area contributed by atoms with Gasteiger partial charge in [-0.3, -0.25) is 4.79 Å². The third-order valence-electron chi connectivity index (χ3n) is 3.67. The summed E-state index contributed by atoms with van der Waals surface area (Å²) in [7, 11) is 2.91. The summed E-state index contributed by atoms with van der Waals surface area (Å²) in [6.45, 7) is 7.22. The van der Waals surface area contributed by atoms with Crippen molar-refractivity contribution in [3.63, 3.8) is 0 Å². The predicted molar refractivity (Wildman–Crippen MR) is 90.6 cm³/mol. The lowest BCUT2D eigenvalue weighted by Crippen LogP contribution is -2.27. The summed E-state index contributed by atoms with van der Waals surface area (Å²) >= 11 is 0. The zero-order valence-electron chi connectivity index (χ0n) is 14.9. The molecule has 2 rings (SSSR count). The second-order valence-corrected chi connectivity index (χ2v) is 6.52. The van der Waals surface area contributed by atoms with E-state index in [9.17, 15) is 9.59 Å². The molecular formula is C18H23NO5. The van der Waals surface area contributed by atoms with Crippen molar-refractivity contribution in [2.24, 2.45) is 0 Å². The molecule has 0 N–H and O–H groups in total. The fourth-order valence-corrected chi connectivity index (χ4v) is 2.57. The van der Waals surface area contributed by atoms with Crippen molar-refractivity contribution in [1.82, 2.24) is 4.57 Å². The van der Waals surface area contributed by atoms with E-state index in [1.54, 1.807) is 26.2 Å². The first kappa shape index (κ1) is 17.8. The van der Waals surface area contributed by atoms with Crippen molar-refractivity contribution >= 4 is 23.0 Å². The first-order chi connectivity index (χ1) is 11.2. The molecule has 0 radical (unpaired) electrons. The van der Waals surface area contributed by atoms with Crippen LogP contribution in [-0.4, -0.2) is 36.5 Å². The summed E-state index contributed by atoms with van der Waals surface area (Å²) in [5.74, 6) is 0.277. The third-order valence-corrected chi connectivity index (χ3v) is 3.67. The molecule has 0 bridgehead atoms. The van der Waals surface area contributed by atoms with Crippen LogP contribution in [0.5, 0.6) is 5.75 Å². The number of benzene rings is 1. The van der Waals surface area contributed by atoms with Gasteiger partial charge in [0, 0.05) is 11.1 Å². The Balaban J connectivity index is 2.65. The number of carbonyl (C=O) groups excluding carboxylic acids is 2. The molecule has 0 aliphatic rings. The zero-order chi connectivity index (χ0) is 18.1. The molecule has 1 aromatic carbocycles. The number of rotatable bonds is 3. The zero-order valence-corrected chi connectivity index (χ0v) is 14.9. The smallest absolute Gasteiger partial charge is 0.419 e. The topological polar surface area (TPSA) is 66.8 Å². The minimum absolute atomic E-state index is 0.0712. The number of fused-ring (bicyclic) bond motifs is 1. The molecule has 0 fully saturated rings. The second kappa shape index (κ2) is 6.55. The Hall–Kier alpha value is -2.50. The first-order valence-corrected chi connectivity index (χ1v) is 7.66. The van der Waals surface area contributed by atoms with E-state index in [2.05, 4.69) is 0 Å². The highest BCUT2D eigenvalue weighted by Gasteiger charge is 2.25. The molecule has 0 amide bonds. The van der Waals surface area contributed by atoms with Crippen LogP contribution in [-0.2, 0) is 20.7 Å². The molecule has 0 aliphatic heterocycles. The maximum Gasteiger partial charge on any atom is 0.419 e. The van der Waals surface area contributed by atoms with Crippen LogP contribution in [0, 0.1) is 6.92 Å². The Kier molecular flexibility index (Phi) is 4.87. The summed E-state index contributed by atoms with van der Waals surface area (Å²) in [5.41, 5.74) is 1.43. The number of aromatic nitrogens is 1. The highest BCUT2D eigenvalue weighted by Crippen LogP contribution is 2.30. The SMILES string of the molecule is COC(=O)Cc1c(C)n(C(=O)OC(C)(C)C)c2ccc(OC)cc12. The van der Waals surface area contributed by atoms with Crippen LogP contribution < -0.4 is 4.74 Å². The molecule has 2 aromatic rings. The van der Waals surface area contributed by atoms with Gasteiger partial charge in [-0.25, -0.2) is 9.36 Å². The molecule has 0 unspecified atom stereocenters. The van der Waals surface area contributed by atoms with Crippen LogP contribution in [0.15, 0.2) is 18.2 Å². The van der Waals surface area contributed by atoms with Gasteiger partial charge in [0.1, 0.15) is 11.4 Å². The second-order valence-electron chi connectivity index (χ2n) is 6.52. The monoisotopic (exact) mass is 333 g/mol. The lowest BCUT2D eigenvalue weighted by Gasteiger charge is -2.20. The van der Waals surface area contributed by atoms with Crippen molar-refractivity contribution in [2.45, 2.75) is 39.7 Å². The Bertz CT molecular complexity index is 783. The third kappa shape index (κ3) is 3.53. The van der Waals surface area contributed by atoms with Gasteiger partial charge in [0.2, 0.25) is 0 Å². The molecule has 0 saturated carbocycles. The summed E-state index contributed by atoms with van der Waals surface area (Å²) < 4.78 is 17.0. The first-order valence-electron chi connectivity index (χ1n) is 7.66.